The summed E-state index contributed by atoms with van der Waals surface area (Å²) in [5.74, 6) is 0.214. The van der Waals surface area contributed by atoms with E-state index in [1.807, 2.05) is 4.90 Å². The highest BCUT2D eigenvalue weighted by molar-refractivity contribution is 5.81. The number of hydrogen-bond acceptors (Lipinski definition) is 3. The molecule has 2 heterocycles. The molecule has 1 aliphatic carbocycles. The molecule has 114 valence electrons. The smallest absolute Gasteiger partial charge is 0.251 e. The molecule has 2 aliphatic heterocycles. The quantitative estimate of drug-likeness (QED) is 0.842. The maximum absolute atomic E-state index is 12.5. The first-order chi connectivity index (χ1) is 9.72. The van der Waals surface area contributed by atoms with Crippen molar-refractivity contribution in [1.82, 2.24) is 4.90 Å². The molecule has 2 saturated heterocycles. The van der Waals surface area contributed by atoms with E-state index in [1.54, 1.807) is 0 Å². The van der Waals surface area contributed by atoms with Gasteiger partial charge in [0.2, 0.25) is 0 Å². The second-order valence-electron chi connectivity index (χ2n) is 6.95. The van der Waals surface area contributed by atoms with Crippen molar-refractivity contribution in [3.8, 4) is 0 Å². The Morgan fingerprint density at radius 1 is 1.10 bits per heavy atom. The summed E-state index contributed by atoms with van der Waals surface area (Å²) in [5, 5.41) is 0. The zero-order chi connectivity index (χ0) is 14.0. The molecule has 3 rings (SSSR count). The van der Waals surface area contributed by atoms with Gasteiger partial charge in [-0.3, -0.25) is 4.79 Å². The van der Waals surface area contributed by atoms with Crippen LogP contribution in [0.25, 0.3) is 0 Å². The van der Waals surface area contributed by atoms with Crippen molar-refractivity contribution in [3.05, 3.63) is 0 Å². The molecular weight excluding hydrogens is 252 g/mol. The zero-order valence-electron chi connectivity index (χ0n) is 12.5. The van der Waals surface area contributed by atoms with Gasteiger partial charge in [0.05, 0.1) is 6.10 Å². The summed E-state index contributed by atoms with van der Waals surface area (Å²) in [5.41, 5.74) is 6.18. The monoisotopic (exact) mass is 280 g/mol. The number of carbonyl (C=O) groups excluding carboxylic acids is 1. The van der Waals surface area contributed by atoms with Gasteiger partial charge in [0.15, 0.2) is 0 Å². The lowest BCUT2D eigenvalue weighted by Gasteiger charge is -2.44. The Morgan fingerprint density at radius 2 is 1.80 bits per heavy atom. The SMILES string of the molecule is NCC1CCC(C(=O)N2CCC3(CCCCC3)CC2)O1. The minimum Gasteiger partial charge on any atom is -0.364 e. The highest BCUT2D eigenvalue weighted by Crippen LogP contribution is 2.44. The maximum atomic E-state index is 12.5. The van der Waals surface area contributed by atoms with E-state index in [0.29, 0.717) is 12.0 Å². The second-order valence-corrected chi connectivity index (χ2v) is 6.95. The number of likely N-dealkylation sites (tertiary alicyclic amines) is 1. The minimum atomic E-state index is -0.219. The molecule has 4 nitrogen and oxygen atoms in total. The molecule has 20 heavy (non-hydrogen) atoms. The van der Waals surface area contributed by atoms with E-state index in [0.717, 1.165) is 25.9 Å². The Kier molecular flexibility index (Phi) is 4.32. The number of ether oxygens (including phenoxy) is 1. The van der Waals surface area contributed by atoms with Crippen LogP contribution >= 0.6 is 0 Å². The van der Waals surface area contributed by atoms with Gasteiger partial charge in [-0.2, -0.15) is 0 Å². The molecule has 1 spiro atoms. The lowest BCUT2D eigenvalue weighted by Crippen LogP contribution is -2.47. The molecule has 1 saturated carbocycles. The summed E-state index contributed by atoms with van der Waals surface area (Å²) in [7, 11) is 0. The number of hydrogen-bond donors (Lipinski definition) is 1. The third-order valence-electron chi connectivity index (χ3n) is 5.70. The van der Waals surface area contributed by atoms with E-state index in [2.05, 4.69) is 0 Å². The maximum Gasteiger partial charge on any atom is 0.251 e. The fourth-order valence-corrected chi connectivity index (χ4v) is 4.27. The third-order valence-corrected chi connectivity index (χ3v) is 5.70. The van der Waals surface area contributed by atoms with Gasteiger partial charge in [-0.1, -0.05) is 19.3 Å². The summed E-state index contributed by atoms with van der Waals surface area (Å²) in [6.07, 6.45) is 11.0. The van der Waals surface area contributed by atoms with Crippen LogP contribution in [0.4, 0.5) is 0 Å². The van der Waals surface area contributed by atoms with E-state index >= 15 is 0 Å². The average Bonchev–Trinajstić information content (AvgIpc) is 2.97. The topological polar surface area (TPSA) is 55.6 Å². The van der Waals surface area contributed by atoms with E-state index in [-0.39, 0.29) is 18.1 Å². The lowest BCUT2D eigenvalue weighted by atomic mass is 9.68. The number of nitrogens with two attached hydrogens (primary N) is 1. The molecular formula is C16H28N2O2. The summed E-state index contributed by atoms with van der Waals surface area (Å²) < 4.78 is 5.75. The predicted octanol–water partition coefficient (Wildman–Crippen LogP) is 2.07. The molecule has 3 fully saturated rings. The van der Waals surface area contributed by atoms with E-state index < -0.39 is 0 Å². The van der Waals surface area contributed by atoms with Crippen LogP contribution < -0.4 is 5.73 Å². The van der Waals surface area contributed by atoms with Crippen LogP contribution in [0, 0.1) is 5.41 Å². The van der Waals surface area contributed by atoms with Gasteiger partial charge in [-0.25, -0.2) is 0 Å². The van der Waals surface area contributed by atoms with Crippen molar-refractivity contribution in [2.45, 2.75) is 70.0 Å². The van der Waals surface area contributed by atoms with Gasteiger partial charge < -0.3 is 15.4 Å². The number of nitrogens with zero attached hydrogens (tertiary/aromatic N) is 1. The first kappa shape index (κ1) is 14.3. The van der Waals surface area contributed by atoms with Crippen LogP contribution in [0.1, 0.15) is 57.8 Å². The average molecular weight is 280 g/mol. The molecule has 0 bridgehead atoms. The van der Waals surface area contributed by atoms with E-state index in [4.69, 9.17) is 10.5 Å². The predicted molar refractivity (Wildman–Crippen MR) is 78.3 cm³/mol. The molecule has 3 aliphatic rings. The van der Waals surface area contributed by atoms with Crippen molar-refractivity contribution in [1.29, 1.82) is 0 Å². The van der Waals surface area contributed by atoms with Gasteiger partial charge in [0.25, 0.3) is 5.91 Å². The van der Waals surface area contributed by atoms with E-state index in [1.165, 1.54) is 44.9 Å². The van der Waals surface area contributed by atoms with Gasteiger partial charge >= 0.3 is 0 Å². The highest BCUT2D eigenvalue weighted by Gasteiger charge is 2.39. The summed E-state index contributed by atoms with van der Waals surface area (Å²) >= 11 is 0. The van der Waals surface area contributed by atoms with Crippen LogP contribution in [0.2, 0.25) is 0 Å². The first-order valence-corrected chi connectivity index (χ1v) is 8.37. The summed E-state index contributed by atoms with van der Waals surface area (Å²) in [6, 6.07) is 0. The second kappa shape index (κ2) is 6.02. The lowest BCUT2D eigenvalue weighted by molar-refractivity contribution is -0.145. The number of carbonyl (C=O) groups is 1. The number of rotatable bonds is 2. The van der Waals surface area contributed by atoms with Gasteiger partial charge in [0, 0.05) is 19.6 Å². The Balaban J connectivity index is 1.51. The standard InChI is InChI=1S/C16H28N2O2/c17-12-13-4-5-14(20-13)15(19)18-10-8-16(9-11-18)6-2-1-3-7-16/h13-14H,1-12,17H2. The largest absolute Gasteiger partial charge is 0.364 e. The Hall–Kier alpha value is -0.610. The third kappa shape index (κ3) is 2.86. The van der Waals surface area contributed by atoms with Crippen molar-refractivity contribution < 1.29 is 9.53 Å². The van der Waals surface area contributed by atoms with Gasteiger partial charge in [0.1, 0.15) is 6.10 Å². The van der Waals surface area contributed by atoms with Crippen LogP contribution in [-0.4, -0.2) is 42.6 Å². The highest BCUT2D eigenvalue weighted by atomic mass is 16.5. The molecule has 2 atom stereocenters. The molecule has 0 radical (unpaired) electrons. The van der Waals surface area contributed by atoms with Crippen molar-refractivity contribution in [2.24, 2.45) is 11.1 Å². The molecule has 1 amide bonds. The van der Waals surface area contributed by atoms with Gasteiger partial charge in [-0.15, -0.1) is 0 Å². The normalized spacial score (nSPS) is 33.5. The molecule has 0 aromatic carbocycles. The van der Waals surface area contributed by atoms with Crippen molar-refractivity contribution in [3.63, 3.8) is 0 Å². The first-order valence-electron chi connectivity index (χ1n) is 8.37. The van der Waals surface area contributed by atoms with Gasteiger partial charge in [-0.05, 0) is 43.9 Å². The van der Waals surface area contributed by atoms with E-state index in [9.17, 15) is 4.79 Å². The van der Waals surface area contributed by atoms with Crippen molar-refractivity contribution in [2.75, 3.05) is 19.6 Å². The fraction of sp³-hybridized carbons (Fsp3) is 0.938. The Labute approximate surface area is 122 Å². The molecule has 2 unspecified atom stereocenters. The van der Waals surface area contributed by atoms with Crippen LogP contribution in [0.5, 0.6) is 0 Å². The molecule has 4 heteroatoms. The minimum absolute atomic E-state index is 0.0958. The number of piperidine rings is 1. The molecule has 0 aromatic heterocycles. The zero-order valence-corrected chi connectivity index (χ0v) is 12.5. The van der Waals surface area contributed by atoms with Crippen LogP contribution in [-0.2, 0) is 9.53 Å². The Bertz CT molecular complexity index is 342. The summed E-state index contributed by atoms with van der Waals surface area (Å²) in [6.45, 7) is 2.41. The van der Waals surface area contributed by atoms with Crippen LogP contribution in [0.3, 0.4) is 0 Å². The summed E-state index contributed by atoms with van der Waals surface area (Å²) in [4.78, 5) is 14.5. The van der Waals surface area contributed by atoms with Crippen molar-refractivity contribution >= 4 is 5.91 Å². The Morgan fingerprint density at radius 3 is 2.40 bits per heavy atom. The molecule has 2 N–H and O–H groups in total. The van der Waals surface area contributed by atoms with Crippen LogP contribution in [0.15, 0.2) is 0 Å². The fourth-order valence-electron chi connectivity index (χ4n) is 4.27. The molecule has 0 aromatic rings. The number of amides is 1.